The molecule has 1 aromatic heterocycles. The van der Waals surface area contributed by atoms with E-state index in [1.54, 1.807) is 7.11 Å². The summed E-state index contributed by atoms with van der Waals surface area (Å²) in [5, 5.41) is 0.909. The van der Waals surface area contributed by atoms with Crippen molar-refractivity contribution in [3.05, 3.63) is 35.5 Å². The maximum atomic E-state index is 11.2. The number of hydrogen-bond donors (Lipinski definition) is 0. The first-order valence-corrected chi connectivity index (χ1v) is 9.90. The SMILES string of the molecule is COc1ccc2cc(C=O)c(C#C[Si](C)(C)C)nc2c1. The number of fused-ring (bicyclic) bond motifs is 1. The molecule has 0 saturated carbocycles. The van der Waals surface area contributed by atoms with Crippen LogP contribution in [0.4, 0.5) is 0 Å². The molecule has 4 heteroatoms. The van der Waals surface area contributed by atoms with Crippen LogP contribution in [-0.4, -0.2) is 26.5 Å². The lowest BCUT2D eigenvalue weighted by atomic mass is 10.1. The van der Waals surface area contributed by atoms with E-state index in [1.807, 2.05) is 24.3 Å². The van der Waals surface area contributed by atoms with Crippen LogP contribution in [0.25, 0.3) is 10.9 Å². The highest BCUT2D eigenvalue weighted by molar-refractivity contribution is 6.83. The van der Waals surface area contributed by atoms with Crippen LogP contribution in [0.2, 0.25) is 19.6 Å². The first kappa shape index (κ1) is 14.3. The second-order valence-electron chi connectivity index (χ2n) is 5.60. The Morgan fingerprint density at radius 3 is 2.60 bits per heavy atom. The Hall–Kier alpha value is -2.12. The van der Waals surface area contributed by atoms with Crippen molar-refractivity contribution in [1.29, 1.82) is 0 Å². The predicted octanol–water partition coefficient (Wildman–Crippen LogP) is 3.28. The Balaban J connectivity index is 2.62. The summed E-state index contributed by atoms with van der Waals surface area (Å²) in [6, 6.07) is 7.42. The highest BCUT2D eigenvalue weighted by Crippen LogP contribution is 2.21. The minimum Gasteiger partial charge on any atom is -0.497 e. The standard InChI is InChI=1S/C16H17NO2Si/c1-19-14-6-5-12-9-13(11-18)15(17-16(12)10-14)7-8-20(2,3)4/h5-6,9-11H,1-4H3. The van der Waals surface area contributed by atoms with Crippen LogP contribution in [-0.2, 0) is 0 Å². The van der Waals surface area contributed by atoms with Gasteiger partial charge in [-0.05, 0) is 18.2 Å². The summed E-state index contributed by atoms with van der Waals surface area (Å²) in [5.41, 5.74) is 5.11. The molecular formula is C16H17NO2Si. The third kappa shape index (κ3) is 3.25. The van der Waals surface area contributed by atoms with Gasteiger partial charge < -0.3 is 4.74 Å². The molecule has 0 bridgehead atoms. The molecule has 0 atom stereocenters. The quantitative estimate of drug-likeness (QED) is 0.482. The van der Waals surface area contributed by atoms with Crippen LogP contribution < -0.4 is 4.74 Å². The van der Waals surface area contributed by atoms with Crippen molar-refractivity contribution in [3.63, 3.8) is 0 Å². The van der Waals surface area contributed by atoms with Gasteiger partial charge in [-0.2, -0.15) is 0 Å². The van der Waals surface area contributed by atoms with Crippen LogP contribution >= 0.6 is 0 Å². The van der Waals surface area contributed by atoms with Gasteiger partial charge in [0.15, 0.2) is 6.29 Å². The fourth-order valence-electron chi connectivity index (χ4n) is 1.73. The first-order chi connectivity index (χ1) is 9.43. The maximum Gasteiger partial charge on any atom is 0.152 e. The van der Waals surface area contributed by atoms with Crippen molar-refractivity contribution >= 4 is 25.3 Å². The summed E-state index contributed by atoms with van der Waals surface area (Å²) in [7, 11) is 0.115. The van der Waals surface area contributed by atoms with Crippen molar-refractivity contribution in [2.45, 2.75) is 19.6 Å². The van der Waals surface area contributed by atoms with Crippen molar-refractivity contribution in [3.8, 4) is 17.2 Å². The number of carbonyl (C=O) groups is 1. The lowest BCUT2D eigenvalue weighted by molar-refractivity contribution is 0.112. The van der Waals surface area contributed by atoms with Gasteiger partial charge in [-0.1, -0.05) is 25.6 Å². The number of ether oxygens (including phenoxy) is 1. The minimum absolute atomic E-state index is 0.536. The summed E-state index contributed by atoms with van der Waals surface area (Å²) < 4.78 is 5.19. The summed E-state index contributed by atoms with van der Waals surface area (Å²) >= 11 is 0. The molecule has 102 valence electrons. The second kappa shape index (κ2) is 5.47. The molecule has 2 aromatic rings. The average molecular weight is 283 g/mol. The number of aldehydes is 1. The van der Waals surface area contributed by atoms with E-state index in [4.69, 9.17) is 4.74 Å². The van der Waals surface area contributed by atoms with Gasteiger partial charge in [0.2, 0.25) is 0 Å². The molecule has 0 aliphatic carbocycles. The lowest BCUT2D eigenvalue weighted by Crippen LogP contribution is -2.16. The molecule has 0 radical (unpaired) electrons. The van der Waals surface area contributed by atoms with E-state index in [0.717, 1.165) is 22.9 Å². The highest BCUT2D eigenvalue weighted by atomic mass is 28.3. The molecule has 0 aliphatic rings. The molecule has 1 heterocycles. The molecule has 3 nitrogen and oxygen atoms in total. The number of hydrogen-bond acceptors (Lipinski definition) is 3. The van der Waals surface area contributed by atoms with Gasteiger partial charge in [0.05, 0.1) is 12.6 Å². The molecule has 20 heavy (non-hydrogen) atoms. The van der Waals surface area contributed by atoms with Crippen LogP contribution in [0.5, 0.6) is 5.75 Å². The molecule has 0 spiro atoms. The molecule has 0 unspecified atom stereocenters. The summed E-state index contributed by atoms with van der Waals surface area (Å²) in [4.78, 5) is 15.7. The van der Waals surface area contributed by atoms with Crippen molar-refractivity contribution in [2.75, 3.05) is 7.11 Å². The van der Waals surface area contributed by atoms with Crippen LogP contribution in [0, 0.1) is 11.5 Å². The highest BCUT2D eigenvalue weighted by Gasteiger charge is 2.10. The van der Waals surface area contributed by atoms with E-state index in [1.165, 1.54) is 0 Å². The second-order valence-corrected chi connectivity index (χ2v) is 10.4. The number of methoxy groups -OCH3 is 1. The van der Waals surface area contributed by atoms with Gasteiger partial charge >= 0.3 is 0 Å². The van der Waals surface area contributed by atoms with Crippen LogP contribution in [0.1, 0.15) is 16.1 Å². The number of nitrogens with zero attached hydrogens (tertiary/aromatic N) is 1. The molecule has 0 saturated heterocycles. The number of carbonyl (C=O) groups excluding carboxylic acids is 1. The zero-order valence-electron chi connectivity index (χ0n) is 12.2. The van der Waals surface area contributed by atoms with Crippen molar-refractivity contribution in [1.82, 2.24) is 4.98 Å². The van der Waals surface area contributed by atoms with E-state index in [0.29, 0.717) is 11.3 Å². The van der Waals surface area contributed by atoms with Gasteiger partial charge in [0, 0.05) is 17.0 Å². The number of aromatic nitrogens is 1. The van der Waals surface area contributed by atoms with Gasteiger partial charge in [-0.15, -0.1) is 5.54 Å². The summed E-state index contributed by atoms with van der Waals surface area (Å²) in [5.74, 6) is 3.81. The van der Waals surface area contributed by atoms with Crippen LogP contribution in [0.15, 0.2) is 24.3 Å². The van der Waals surface area contributed by atoms with Crippen molar-refractivity contribution < 1.29 is 9.53 Å². The zero-order valence-corrected chi connectivity index (χ0v) is 13.2. The Morgan fingerprint density at radius 1 is 1.25 bits per heavy atom. The van der Waals surface area contributed by atoms with Gasteiger partial charge in [-0.25, -0.2) is 4.98 Å². The van der Waals surface area contributed by atoms with Crippen molar-refractivity contribution in [2.24, 2.45) is 0 Å². The Kier molecular flexibility index (Phi) is 3.91. The number of benzene rings is 1. The third-order valence-electron chi connectivity index (χ3n) is 2.74. The molecule has 0 fully saturated rings. The largest absolute Gasteiger partial charge is 0.497 e. The lowest BCUT2D eigenvalue weighted by Gasteiger charge is -2.06. The van der Waals surface area contributed by atoms with Gasteiger partial charge in [0.25, 0.3) is 0 Å². The normalized spacial score (nSPS) is 10.8. The summed E-state index contributed by atoms with van der Waals surface area (Å²) in [6.45, 7) is 6.47. The number of pyridine rings is 1. The molecule has 2 rings (SSSR count). The molecule has 0 aliphatic heterocycles. The molecule has 1 aromatic carbocycles. The summed E-state index contributed by atoms with van der Waals surface area (Å²) in [6.07, 6.45) is 0.810. The Bertz CT molecular complexity index is 721. The fourth-order valence-corrected chi connectivity index (χ4v) is 2.22. The Morgan fingerprint density at radius 2 is 2.00 bits per heavy atom. The maximum absolute atomic E-state index is 11.2. The topological polar surface area (TPSA) is 39.2 Å². The monoisotopic (exact) mass is 283 g/mol. The van der Waals surface area contributed by atoms with Gasteiger partial charge in [-0.3, -0.25) is 4.79 Å². The molecular weight excluding hydrogens is 266 g/mol. The van der Waals surface area contributed by atoms with E-state index >= 15 is 0 Å². The molecule has 0 amide bonds. The van der Waals surface area contributed by atoms with E-state index < -0.39 is 8.07 Å². The minimum atomic E-state index is -1.50. The third-order valence-corrected chi connectivity index (χ3v) is 3.61. The average Bonchev–Trinajstić information content (AvgIpc) is 2.42. The smallest absolute Gasteiger partial charge is 0.152 e. The van der Waals surface area contributed by atoms with E-state index in [9.17, 15) is 4.79 Å². The van der Waals surface area contributed by atoms with E-state index in [2.05, 4.69) is 36.1 Å². The fraction of sp³-hybridized carbons (Fsp3) is 0.250. The zero-order chi connectivity index (χ0) is 14.8. The predicted molar refractivity (Wildman–Crippen MR) is 83.9 cm³/mol. The molecule has 0 N–H and O–H groups in total. The number of rotatable bonds is 2. The van der Waals surface area contributed by atoms with E-state index in [-0.39, 0.29) is 0 Å². The Labute approximate surface area is 120 Å². The van der Waals surface area contributed by atoms with Gasteiger partial charge in [0.1, 0.15) is 19.5 Å². The first-order valence-electron chi connectivity index (χ1n) is 6.40. The van der Waals surface area contributed by atoms with Crippen LogP contribution in [0.3, 0.4) is 0 Å².